The van der Waals surface area contributed by atoms with Crippen LogP contribution in [0.4, 0.5) is 17.2 Å². The summed E-state index contributed by atoms with van der Waals surface area (Å²) >= 11 is 0. The standard InChI is InChI=1S/C18H21N5O3/c1-12(24)20-13-4-2-5-14(10-13)21-18(25)16-7-8-17(23-22-16)19-11-15-6-3-9-26-15/h2,4-5,7-8,10,15H,3,6,9,11H2,1H3,(H,19,23)(H,20,24)(H,21,25). The lowest BCUT2D eigenvalue weighted by molar-refractivity contribution is -0.114. The summed E-state index contributed by atoms with van der Waals surface area (Å²) in [4.78, 5) is 23.4. The zero-order valence-corrected chi connectivity index (χ0v) is 14.5. The first-order chi connectivity index (χ1) is 12.6. The highest BCUT2D eigenvalue weighted by molar-refractivity contribution is 6.03. The molecule has 1 atom stereocenters. The van der Waals surface area contributed by atoms with Gasteiger partial charge in [0.15, 0.2) is 5.69 Å². The average molecular weight is 355 g/mol. The highest BCUT2D eigenvalue weighted by atomic mass is 16.5. The van der Waals surface area contributed by atoms with Gasteiger partial charge in [-0.25, -0.2) is 0 Å². The summed E-state index contributed by atoms with van der Waals surface area (Å²) in [5.41, 5.74) is 1.37. The Labute approximate surface area is 151 Å². The highest BCUT2D eigenvalue weighted by Crippen LogP contribution is 2.16. The normalized spacial score (nSPS) is 16.1. The summed E-state index contributed by atoms with van der Waals surface area (Å²) in [6, 6.07) is 10.2. The van der Waals surface area contributed by atoms with Crippen LogP contribution in [0.2, 0.25) is 0 Å². The largest absolute Gasteiger partial charge is 0.376 e. The minimum Gasteiger partial charge on any atom is -0.376 e. The van der Waals surface area contributed by atoms with Crippen molar-refractivity contribution in [3.05, 3.63) is 42.1 Å². The number of ether oxygens (including phenoxy) is 1. The van der Waals surface area contributed by atoms with Crippen molar-refractivity contribution in [1.82, 2.24) is 10.2 Å². The van der Waals surface area contributed by atoms with E-state index in [2.05, 4.69) is 26.1 Å². The number of nitrogens with one attached hydrogen (secondary N) is 3. The van der Waals surface area contributed by atoms with Crippen molar-refractivity contribution in [3.8, 4) is 0 Å². The van der Waals surface area contributed by atoms with Crippen molar-refractivity contribution in [3.63, 3.8) is 0 Å². The van der Waals surface area contributed by atoms with E-state index in [9.17, 15) is 9.59 Å². The summed E-state index contributed by atoms with van der Waals surface area (Å²) in [7, 11) is 0. The van der Waals surface area contributed by atoms with Gasteiger partial charge in [-0.15, -0.1) is 10.2 Å². The second kappa shape index (κ2) is 8.39. The van der Waals surface area contributed by atoms with E-state index in [0.717, 1.165) is 19.4 Å². The Bertz CT molecular complexity index is 773. The van der Waals surface area contributed by atoms with E-state index in [4.69, 9.17) is 4.74 Å². The molecule has 2 heterocycles. The van der Waals surface area contributed by atoms with Gasteiger partial charge in [-0.2, -0.15) is 0 Å². The molecule has 0 spiro atoms. The number of carbonyl (C=O) groups is 2. The molecule has 8 nitrogen and oxygen atoms in total. The maximum atomic E-state index is 12.3. The van der Waals surface area contributed by atoms with Gasteiger partial charge in [-0.1, -0.05) is 6.07 Å². The zero-order chi connectivity index (χ0) is 18.4. The SMILES string of the molecule is CC(=O)Nc1cccc(NC(=O)c2ccc(NCC3CCCO3)nn2)c1. The van der Waals surface area contributed by atoms with Gasteiger partial charge in [-0.05, 0) is 43.2 Å². The first-order valence-electron chi connectivity index (χ1n) is 8.48. The van der Waals surface area contributed by atoms with E-state index >= 15 is 0 Å². The van der Waals surface area contributed by atoms with Crippen LogP contribution in [-0.4, -0.2) is 41.3 Å². The second-order valence-electron chi connectivity index (χ2n) is 6.04. The third-order valence-electron chi connectivity index (χ3n) is 3.87. The molecule has 26 heavy (non-hydrogen) atoms. The van der Waals surface area contributed by atoms with Crippen LogP contribution >= 0.6 is 0 Å². The molecule has 1 aliphatic rings. The molecule has 2 amide bonds. The topological polar surface area (TPSA) is 105 Å². The summed E-state index contributed by atoms with van der Waals surface area (Å²) in [6.07, 6.45) is 2.33. The Morgan fingerprint density at radius 1 is 1.15 bits per heavy atom. The maximum Gasteiger partial charge on any atom is 0.276 e. The second-order valence-corrected chi connectivity index (χ2v) is 6.04. The van der Waals surface area contributed by atoms with Crippen molar-refractivity contribution >= 4 is 29.0 Å². The summed E-state index contributed by atoms with van der Waals surface area (Å²) < 4.78 is 5.54. The lowest BCUT2D eigenvalue weighted by atomic mass is 10.2. The molecule has 1 saturated heterocycles. The molecule has 1 aromatic heterocycles. The number of hydrogen-bond donors (Lipinski definition) is 3. The van der Waals surface area contributed by atoms with Crippen LogP contribution in [0.25, 0.3) is 0 Å². The minimum atomic E-state index is -0.372. The van der Waals surface area contributed by atoms with E-state index < -0.39 is 0 Å². The predicted molar refractivity (Wildman–Crippen MR) is 98.2 cm³/mol. The van der Waals surface area contributed by atoms with Crippen LogP contribution in [0.5, 0.6) is 0 Å². The number of aromatic nitrogens is 2. The van der Waals surface area contributed by atoms with Gasteiger partial charge in [0.1, 0.15) is 5.82 Å². The summed E-state index contributed by atoms with van der Waals surface area (Å²) in [6.45, 7) is 2.91. The van der Waals surface area contributed by atoms with Gasteiger partial charge in [0.25, 0.3) is 5.91 Å². The molecule has 1 fully saturated rings. The lowest BCUT2D eigenvalue weighted by Gasteiger charge is -2.11. The van der Waals surface area contributed by atoms with Crippen LogP contribution in [0.15, 0.2) is 36.4 Å². The molecule has 0 radical (unpaired) electrons. The molecule has 1 aliphatic heterocycles. The molecule has 8 heteroatoms. The van der Waals surface area contributed by atoms with Crippen molar-refractivity contribution in [1.29, 1.82) is 0 Å². The summed E-state index contributed by atoms with van der Waals surface area (Å²) in [5.74, 6) is 0.0540. The van der Waals surface area contributed by atoms with Gasteiger partial charge < -0.3 is 20.7 Å². The van der Waals surface area contributed by atoms with Gasteiger partial charge in [0.2, 0.25) is 5.91 Å². The third-order valence-corrected chi connectivity index (χ3v) is 3.87. The van der Waals surface area contributed by atoms with Crippen LogP contribution in [0, 0.1) is 0 Å². The highest BCUT2D eigenvalue weighted by Gasteiger charge is 2.15. The zero-order valence-electron chi connectivity index (χ0n) is 14.5. The quantitative estimate of drug-likeness (QED) is 0.734. The first-order valence-corrected chi connectivity index (χ1v) is 8.48. The van der Waals surface area contributed by atoms with E-state index in [1.165, 1.54) is 6.92 Å². The van der Waals surface area contributed by atoms with E-state index in [-0.39, 0.29) is 23.6 Å². The van der Waals surface area contributed by atoms with Crippen molar-refractivity contribution < 1.29 is 14.3 Å². The van der Waals surface area contributed by atoms with Crippen LogP contribution in [0.1, 0.15) is 30.3 Å². The molecule has 3 N–H and O–H groups in total. The molecule has 0 aliphatic carbocycles. The Hall–Kier alpha value is -3.00. The molecular weight excluding hydrogens is 334 g/mol. The fourth-order valence-corrected chi connectivity index (χ4v) is 2.64. The molecule has 0 bridgehead atoms. The summed E-state index contributed by atoms with van der Waals surface area (Å²) in [5, 5.41) is 16.5. The Kier molecular flexibility index (Phi) is 5.75. The van der Waals surface area contributed by atoms with Crippen LogP contribution < -0.4 is 16.0 Å². The number of rotatable bonds is 6. The number of hydrogen-bond acceptors (Lipinski definition) is 6. The van der Waals surface area contributed by atoms with Gasteiger partial charge in [-0.3, -0.25) is 9.59 Å². The van der Waals surface area contributed by atoms with E-state index in [0.29, 0.717) is 23.7 Å². The molecule has 3 rings (SSSR count). The van der Waals surface area contributed by atoms with Gasteiger partial charge >= 0.3 is 0 Å². The number of anilines is 3. The molecule has 1 aromatic carbocycles. The number of benzene rings is 1. The lowest BCUT2D eigenvalue weighted by Crippen LogP contribution is -2.20. The molecular formula is C18H21N5O3. The van der Waals surface area contributed by atoms with Crippen LogP contribution in [0.3, 0.4) is 0 Å². The minimum absolute atomic E-state index is 0.176. The first kappa shape index (κ1) is 17.8. The average Bonchev–Trinajstić information content (AvgIpc) is 3.14. The van der Waals surface area contributed by atoms with Crippen LogP contribution in [-0.2, 0) is 9.53 Å². The van der Waals surface area contributed by atoms with Crippen molar-refractivity contribution in [2.24, 2.45) is 0 Å². The number of amides is 2. The Morgan fingerprint density at radius 2 is 1.96 bits per heavy atom. The Balaban J connectivity index is 1.56. The van der Waals surface area contributed by atoms with Crippen molar-refractivity contribution in [2.45, 2.75) is 25.9 Å². The van der Waals surface area contributed by atoms with Gasteiger partial charge in [0.05, 0.1) is 6.10 Å². The molecule has 1 unspecified atom stereocenters. The number of nitrogens with zero attached hydrogens (tertiary/aromatic N) is 2. The fourth-order valence-electron chi connectivity index (χ4n) is 2.64. The smallest absolute Gasteiger partial charge is 0.276 e. The van der Waals surface area contributed by atoms with Crippen molar-refractivity contribution in [2.75, 3.05) is 29.1 Å². The monoisotopic (exact) mass is 355 g/mol. The maximum absolute atomic E-state index is 12.3. The van der Waals surface area contributed by atoms with E-state index in [1.54, 1.807) is 36.4 Å². The third kappa shape index (κ3) is 5.00. The molecule has 136 valence electrons. The number of carbonyl (C=O) groups excluding carboxylic acids is 2. The molecule has 2 aromatic rings. The molecule has 0 saturated carbocycles. The fraction of sp³-hybridized carbons (Fsp3) is 0.333. The Morgan fingerprint density at radius 3 is 2.62 bits per heavy atom. The van der Waals surface area contributed by atoms with E-state index in [1.807, 2.05) is 0 Å². The van der Waals surface area contributed by atoms with Gasteiger partial charge in [0, 0.05) is 31.5 Å². The predicted octanol–water partition coefficient (Wildman–Crippen LogP) is 2.28.